The lowest BCUT2D eigenvalue weighted by molar-refractivity contribution is 0.111. The fourth-order valence-electron chi connectivity index (χ4n) is 0.748. The molecule has 0 spiro atoms. The van der Waals surface area contributed by atoms with E-state index in [-0.39, 0.29) is 12.0 Å². The number of hydrogen-bond acceptors (Lipinski definition) is 3. The molecule has 0 amide bonds. The lowest BCUT2D eigenvalue weighted by Gasteiger charge is -2.03. The number of aromatic nitrogens is 1. The number of aldehydes is 1. The first kappa shape index (κ1) is 9.85. The monoisotopic (exact) mass is 207 g/mol. The maximum atomic E-state index is 12.1. The molecule has 13 heavy (non-hydrogen) atoms. The van der Waals surface area contributed by atoms with E-state index in [0.29, 0.717) is 0 Å². The first-order valence-corrected chi connectivity index (χ1v) is 3.56. The Balaban J connectivity index is 3.28. The minimum Gasteiger partial charge on any atom is -0.506 e. The normalized spacial score (nSPS) is 10.5. The first-order chi connectivity index (χ1) is 6.06. The molecule has 0 aliphatic rings. The SMILES string of the molecule is O=Cc1nc(Cl)c(C(F)F)cc1O. The van der Waals surface area contributed by atoms with Crippen LogP contribution in [-0.4, -0.2) is 16.4 Å². The van der Waals surface area contributed by atoms with E-state index >= 15 is 0 Å². The van der Waals surface area contributed by atoms with Gasteiger partial charge in [0.1, 0.15) is 16.6 Å². The summed E-state index contributed by atoms with van der Waals surface area (Å²) < 4.78 is 24.2. The average molecular weight is 208 g/mol. The number of carbonyl (C=O) groups excluding carboxylic acids is 1. The van der Waals surface area contributed by atoms with Crippen LogP contribution in [-0.2, 0) is 0 Å². The second-order valence-corrected chi connectivity index (χ2v) is 2.55. The zero-order valence-corrected chi connectivity index (χ0v) is 6.92. The van der Waals surface area contributed by atoms with E-state index in [4.69, 9.17) is 16.7 Å². The topological polar surface area (TPSA) is 50.2 Å². The van der Waals surface area contributed by atoms with Gasteiger partial charge in [-0.3, -0.25) is 4.79 Å². The Morgan fingerprint density at radius 2 is 2.23 bits per heavy atom. The molecule has 0 radical (unpaired) electrons. The molecule has 70 valence electrons. The van der Waals surface area contributed by atoms with Crippen molar-refractivity contribution >= 4 is 17.9 Å². The lowest BCUT2D eigenvalue weighted by atomic mass is 10.2. The lowest BCUT2D eigenvalue weighted by Crippen LogP contribution is -1.94. The summed E-state index contributed by atoms with van der Waals surface area (Å²) in [4.78, 5) is 13.5. The van der Waals surface area contributed by atoms with E-state index in [0.717, 1.165) is 6.07 Å². The predicted octanol–water partition coefficient (Wildman–Crippen LogP) is 2.19. The molecule has 1 aromatic heterocycles. The van der Waals surface area contributed by atoms with Gasteiger partial charge in [-0.1, -0.05) is 11.6 Å². The van der Waals surface area contributed by atoms with Crippen LogP contribution < -0.4 is 0 Å². The minimum absolute atomic E-state index is 0.233. The van der Waals surface area contributed by atoms with Crippen LogP contribution in [0.25, 0.3) is 0 Å². The zero-order valence-electron chi connectivity index (χ0n) is 6.17. The van der Waals surface area contributed by atoms with Crippen molar-refractivity contribution in [3.63, 3.8) is 0 Å². The van der Waals surface area contributed by atoms with Gasteiger partial charge in [0, 0.05) is 0 Å². The molecular weight excluding hydrogens is 204 g/mol. The number of carbonyl (C=O) groups is 1. The van der Waals surface area contributed by atoms with Crippen molar-refractivity contribution in [3.8, 4) is 5.75 Å². The first-order valence-electron chi connectivity index (χ1n) is 3.19. The van der Waals surface area contributed by atoms with E-state index < -0.39 is 22.9 Å². The second kappa shape index (κ2) is 3.66. The van der Waals surface area contributed by atoms with Crippen LogP contribution >= 0.6 is 11.6 Å². The van der Waals surface area contributed by atoms with Gasteiger partial charge < -0.3 is 5.11 Å². The second-order valence-electron chi connectivity index (χ2n) is 2.19. The van der Waals surface area contributed by atoms with E-state index in [1.54, 1.807) is 0 Å². The van der Waals surface area contributed by atoms with Crippen LogP contribution in [0.2, 0.25) is 5.15 Å². The molecule has 1 heterocycles. The summed E-state index contributed by atoms with van der Waals surface area (Å²) in [6, 6.07) is 0.726. The molecule has 0 aliphatic carbocycles. The molecule has 6 heteroatoms. The fraction of sp³-hybridized carbons (Fsp3) is 0.143. The van der Waals surface area contributed by atoms with Crippen LogP contribution in [0.3, 0.4) is 0 Å². The molecule has 0 saturated heterocycles. The third-order valence-corrected chi connectivity index (χ3v) is 1.66. The standard InChI is InChI=1S/C7H4ClF2NO2/c8-6-3(7(9)10)1-5(13)4(2-12)11-6/h1-2,7,13H. The van der Waals surface area contributed by atoms with Crippen LogP contribution in [0, 0.1) is 0 Å². The molecule has 1 aromatic rings. The Hall–Kier alpha value is -1.23. The molecule has 1 rings (SSSR count). The summed E-state index contributed by atoms with van der Waals surface area (Å²) in [5, 5.41) is 8.50. The van der Waals surface area contributed by atoms with Crippen LogP contribution in [0.15, 0.2) is 6.07 Å². The van der Waals surface area contributed by atoms with E-state index in [1.165, 1.54) is 0 Å². The molecule has 0 aliphatic heterocycles. The van der Waals surface area contributed by atoms with Crippen molar-refractivity contribution in [2.45, 2.75) is 6.43 Å². The maximum absolute atomic E-state index is 12.1. The predicted molar refractivity (Wildman–Crippen MR) is 41.3 cm³/mol. The number of nitrogens with zero attached hydrogens (tertiary/aromatic N) is 1. The highest BCUT2D eigenvalue weighted by Gasteiger charge is 2.16. The molecule has 3 nitrogen and oxygen atoms in total. The van der Waals surface area contributed by atoms with Gasteiger partial charge in [-0.2, -0.15) is 0 Å². The molecular formula is C7H4ClF2NO2. The van der Waals surface area contributed by atoms with Gasteiger partial charge >= 0.3 is 0 Å². The zero-order chi connectivity index (χ0) is 10.0. The quantitative estimate of drug-likeness (QED) is 0.597. The number of rotatable bonds is 2. The Morgan fingerprint density at radius 3 is 2.69 bits per heavy atom. The van der Waals surface area contributed by atoms with Crippen molar-refractivity contribution in [1.82, 2.24) is 4.98 Å². The average Bonchev–Trinajstić information content (AvgIpc) is 2.07. The van der Waals surface area contributed by atoms with E-state index in [1.807, 2.05) is 0 Å². The highest BCUT2D eigenvalue weighted by molar-refractivity contribution is 6.30. The van der Waals surface area contributed by atoms with Gasteiger partial charge in [0.25, 0.3) is 6.43 Å². The van der Waals surface area contributed by atoms with Crippen LogP contribution in [0.1, 0.15) is 22.5 Å². The molecule has 0 unspecified atom stereocenters. The summed E-state index contributed by atoms with van der Waals surface area (Å²) in [5.74, 6) is -0.602. The third kappa shape index (κ3) is 1.92. The summed E-state index contributed by atoms with van der Waals surface area (Å²) in [5.41, 5.74) is -0.945. The van der Waals surface area contributed by atoms with Gasteiger partial charge in [-0.25, -0.2) is 13.8 Å². The van der Waals surface area contributed by atoms with Crippen molar-refractivity contribution in [2.75, 3.05) is 0 Å². The summed E-state index contributed by atoms with van der Waals surface area (Å²) in [7, 11) is 0. The van der Waals surface area contributed by atoms with Crippen molar-refractivity contribution in [2.24, 2.45) is 0 Å². The molecule has 0 aromatic carbocycles. The number of hydrogen-bond donors (Lipinski definition) is 1. The summed E-state index contributed by atoms with van der Waals surface area (Å²) in [6.07, 6.45) is -2.59. The fourth-order valence-corrected chi connectivity index (χ4v) is 0.976. The Bertz CT molecular complexity index is 344. The Kier molecular flexibility index (Phi) is 2.77. The van der Waals surface area contributed by atoms with E-state index in [2.05, 4.69) is 4.98 Å². The summed E-state index contributed by atoms with van der Waals surface area (Å²) in [6.45, 7) is 0. The van der Waals surface area contributed by atoms with Crippen molar-refractivity contribution < 1.29 is 18.7 Å². The number of halogens is 3. The minimum atomic E-state index is -2.83. The van der Waals surface area contributed by atoms with E-state index in [9.17, 15) is 13.6 Å². The molecule has 0 atom stereocenters. The van der Waals surface area contributed by atoms with Crippen LogP contribution in [0.4, 0.5) is 8.78 Å². The Labute approximate surface area is 77.0 Å². The molecule has 1 N–H and O–H groups in total. The third-order valence-electron chi connectivity index (χ3n) is 1.36. The maximum Gasteiger partial charge on any atom is 0.266 e. The molecule has 0 fully saturated rings. The van der Waals surface area contributed by atoms with Gasteiger partial charge in [0.15, 0.2) is 6.29 Å². The Morgan fingerprint density at radius 1 is 1.62 bits per heavy atom. The van der Waals surface area contributed by atoms with Gasteiger partial charge in [0.05, 0.1) is 5.56 Å². The summed E-state index contributed by atoms with van der Waals surface area (Å²) >= 11 is 5.31. The smallest absolute Gasteiger partial charge is 0.266 e. The number of aromatic hydroxyl groups is 1. The molecule has 0 bridgehead atoms. The van der Waals surface area contributed by atoms with Gasteiger partial charge in [-0.15, -0.1) is 0 Å². The highest BCUT2D eigenvalue weighted by Crippen LogP contribution is 2.29. The highest BCUT2D eigenvalue weighted by atomic mass is 35.5. The number of alkyl halides is 2. The van der Waals surface area contributed by atoms with Gasteiger partial charge in [-0.05, 0) is 6.07 Å². The van der Waals surface area contributed by atoms with Gasteiger partial charge in [0.2, 0.25) is 0 Å². The van der Waals surface area contributed by atoms with Crippen molar-refractivity contribution in [3.05, 3.63) is 22.5 Å². The number of pyridine rings is 1. The molecule has 0 saturated carbocycles. The van der Waals surface area contributed by atoms with Crippen molar-refractivity contribution in [1.29, 1.82) is 0 Å². The largest absolute Gasteiger partial charge is 0.506 e. The van der Waals surface area contributed by atoms with Crippen LogP contribution in [0.5, 0.6) is 5.75 Å².